The van der Waals surface area contributed by atoms with E-state index in [2.05, 4.69) is 21.2 Å². The lowest BCUT2D eigenvalue weighted by atomic mass is 10.1. The molecule has 0 saturated carbocycles. The van der Waals surface area contributed by atoms with Crippen LogP contribution in [0.4, 0.5) is 13.2 Å². The Balaban J connectivity index is 2.26. The number of carbonyl (C=O) groups is 1. The Kier molecular flexibility index (Phi) is 4.16. The van der Waals surface area contributed by atoms with Crippen LogP contribution in [0.2, 0.25) is 0 Å². The van der Waals surface area contributed by atoms with E-state index in [4.69, 9.17) is 0 Å². The highest BCUT2D eigenvalue weighted by Crippen LogP contribution is 2.34. The molecule has 9 heteroatoms. The molecule has 21 heavy (non-hydrogen) atoms. The van der Waals surface area contributed by atoms with Gasteiger partial charge in [0.15, 0.2) is 9.84 Å². The molecule has 0 saturated heterocycles. The summed E-state index contributed by atoms with van der Waals surface area (Å²) in [5.41, 5.74) is -1.64. The van der Waals surface area contributed by atoms with Gasteiger partial charge in [-0.15, -0.1) is 0 Å². The maximum atomic E-state index is 12.9. The van der Waals surface area contributed by atoms with E-state index in [0.717, 1.165) is 17.5 Å². The lowest BCUT2D eigenvalue weighted by molar-refractivity contribution is -0.138. The van der Waals surface area contributed by atoms with Gasteiger partial charge < -0.3 is 5.32 Å². The molecule has 1 heterocycles. The van der Waals surface area contributed by atoms with Crippen LogP contribution in [0.1, 0.15) is 15.9 Å². The lowest BCUT2D eigenvalue weighted by Crippen LogP contribution is -2.36. The van der Waals surface area contributed by atoms with E-state index >= 15 is 0 Å². The molecule has 0 fully saturated rings. The summed E-state index contributed by atoms with van der Waals surface area (Å²) >= 11 is 2.92. The van der Waals surface area contributed by atoms with E-state index < -0.39 is 39.1 Å². The third-order valence-corrected chi connectivity index (χ3v) is 4.67. The SMILES string of the molecule is O=C(NC1C=CS(=O)(=O)C1)c1ccc(Br)cc1C(F)(F)F. The Bertz CT molecular complexity index is 713. The average Bonchev–Trinajstić information content (AvgIpc) is 2.67. The molecule has 1 unspecified atom stereocenters. The monoisotopic (exact) mass is 383 g/mol. The lowest BCUT2D eigenvalue weighted by Gasteiger charge is -2.15. The molecule has 0 aromatic heterocycles. The molecular weight excluding hydrogens is 375 g/mol. The molecule has 1 aliphatic heterocycles. The molecule has 0 radical (unpaired) electrons. The molecule has 2 rings (SSSR count). The van der Waals surface area contributed by atoms with Crippen LogP contribution in [0.15, 0.2) is 34.2 Å². The minimum Gasteiger partial charge on any atom is -0.345 e. The van der Waals surface area contributed by atoms with Gasteiger partial charge in [-0.2, -0.15) is 13.2 Å². The highest BCUT2D eigenvalue weighted by atomic mass is 79.9. The Morgan fingerprint density at radius 3 is 2.52 bits per heavy atom. The van der Waals surface area contributed by atoms with Crippen molar-refractivity contribution < 1.29 is 26.4 Å². The van der Waals surface area contributed by atoms with E-state index in [1.54, 1.807) is 0 Å². The third kappa shape index (κ3) is 3.85. The van der Waals surface area contributed by atoms with Crippen molar-refractivity contribution in [2.24, 2.45) is 0 Å². The van der Waals surface area contributed by atoms with Crippen molar-refractivity contribution in [3.05, 3.63) is 45.3 Å². The van der Waals surface area contributed by atoms with Gasteiger partial charge in [-0.3, -0.25) is 4.79 Å². The first-order chi connectivity index (χ1) is 9.58. The number of sulfone groups is 1. The molecular formula is C12H9BrF3NO3S. The van der Waals surface area contributed by atoms with Gasteiger partial charge in [0.25, 0.3) is 5.91 Å². The summed E-state index contributed by atoms with van der Waals surface area (Å²) in [6, 6.07) is 2.32. The van der Waals surface area contributed by atoms with Crippen LogP contribution >= 0.6 is 15.9 Å². The molecule has 114 valence electrons. The number of benzene rings is 1. The number of nitrogens with one attached hydrogen (secondary N) is 1. The maximum absolute atomic E-state index is 12.9. The molecule has 1 aromatic rings. The summed E-state index contributed by atoms with van der Waals surface area (Å²) in [5, 5.41) is 3.20. The van der Waals surface area contributed by atoms with Crippen molar-refractivity contribution in [1.82, 2.24) is 5.32 Å². The summed E-state index contributed by atoms with van der Waals surface area (Å²) in [7, 11) is -3.39. The maximum Gasteiger partial charge on any atom is 0.417 e. The minimum absolute atomic E-state index is 0.190. The molecule has 1 amide bonds. The van der Waals surface area contributed by atoms with Crippen molar-refractivity contribution in [3.8, 4) is 0 Å². The molecule has 0 bridgehead atoms. The largest absolute Gasteiger partial charge is 0.417 e. The summed E-state index contributed by atoms with van der Waals surface area (Å²) in [5.74, 6) is -1.32. The molecule has 0 spiro atoms. The molecule has 1 N–H and O–H groups in total. The minimum atomic E-state index is -4.69. The third-order valence-electron chi connectivity index (χ3n) is 2.78. The second-order valence-electron chi connectivity index (χ2n) is 4.43. The van der Waals surface area contributed by atoms with E-state index in [9.17, 15) is 26.4 Å². The van der Waals surface area contributed by atoms with Gasteiger partial charge in [0, 0.05) is 9.88 Å². The van der Waals surface area contributed by atoms with Crippen molar-refractivity contribution in [2.75, 3.05) is 5.75 Å². The van der Waals surface area contributed by atoms with Crippen LogP contribution in [0.25, 0.3) is 0 Å². The Morgan fingerprint density at radius 2 is 2.00 bits per heavy atom. The summed E-state index contributed by atoms with van der Waals surface area (Å²) in [6.07, 6.45) is -3.45. The fourth-order valence-corrected chi connectivity index (χ4v) is 3.46. The zero-order valence-corrected chi connectivity index (χ0v) is 12.7. The second kappa shape index (κ2) is 5.45. The van der Waals surface area contributed by atoms with Gasteiger partial charge in [-0.1, -0.05) is 15.9 Å². The average molecular weight is 384 g/mol. The van der Waals surface area contributed by atoms with Gasteiger partial charge >= 0.3 is 6.18 Å². The fourth-order valence-electron chi connectivity index (χ4n) is 1.86. The number of rotatable bonds is 2. The number of hydrogen-bond acceptors (Lipinski definition) is 3. The van der Waals surface area contributed by atoms with Crippen LogP contribution in [0.3, 0.4) is 0 Å². The number of amides is 1. The molecule has 4 nitrogen and oxygen atoms in total. The van der Waals surface area contributed by atoms with Crippen LogP contribution in [-0.2, 0) is 16.0 Å². The second-order valence-corrected chi connectivity index (χ2v) is 7.27. The quantitative estimate of drug-likeness (QED) is 0.853. The summed E-state index contributed by atoms with van der Waals surface area (Å²) < 4.78 is 61.3. The van der Waals surface area contributed by atoms with Gasteiger partial charge in [-0.25, -0.2) is 8.42 Å². The van der Waals surface area contributed by atoms with Crippen LogP contribution < -0.4 is 5.32 Å². The first-order valence-electron chi connectivity index (χ1n) is 5.67. The standard InChI is InChI=1S/C12H9BrF3NO3S/c13-7-1-2-9(10(5-7)12(14,15)16)11(18)17-8-3-4-21(19,20)6-8/h1-5,8H,6H2,(H,17,18). The van der Waals surface area contributed by atoms with E-state index in [1.165, 1.54) is 12.1 Å². The Morgan fingerprint density at radius 1 is 1.33 bits per heavy atom. The highest BCUT2D eigenvalue weighted by Gasteiger charge is 2.36. The van der Waals surface area contributed by atoms with Gasteiger partial charge in [0.1, 0.15) is 0 Å². The molecule has 1 atom stereocenters. The first kappa shape index (κ1) is 16.0. The number of carbonyl (C=O) groups excluding carboxylic acids is 1. The van der Waals surface area contributed by atoms with E-state index in [-0.39, 0.29) is 10.2 Å². The number of hydrogen-bond donors (Lipinski definition) is 1. The van der Waals surface area contributed by atoms with Crippen LogP contribution in [-0.4, -0.2) is 26.1 Å². The topological polar surface area (TPSA) is 63.2 Å². The Hall–Kier alpha value is -1.35. The summed E-state index contributed by atoms with van der Waals surface area (Å²) in [6.45, 7) is 0. The van der Waals surface area contributed by atoms with Crippen molar-refractivity contribution >= 4 is 31.7 Å². The Labute approximate surface area is 127 Å². The normalized spacial score (nSPS) is 20.5. The fraction of sp³-hybridized carbons (Fsp3) is 0.250. The van der Waals surface area contributed by atoms with Crippen molar-refractivity contribution in [1.29, 1.82) is 0 Å². The molecule has 1 aromatic carbocycles. The van der Waals surface area contributed by atoms with Crippen molar-refractivity contribution in [3.63, 3.8) is 0 Å². The predicted molar refractivity (Wildman–Crippen MR) is 73.3 cm³/mol. The van der Waals surface area contributed by atoms with Crippen LogP contribution in [0, 0.1) is 0 Å². The molecule has 0 aliphatic carbocycles. The summed E-state index contributed by atoms with van der Waals surface area (Å²) in [4.78, 5) is 11.9. The van der Waals surface area contributed by atoms with Gasteiger partial charge in [-0.05, 0) is 24.3 Å². The zero-order valence-electron chi connectivity index (χ0n) is 10.3. The zero-order chi connectivity index (χ0) is 15.8. The first-order valence-corrected chi connectivity index (χ1v) is 8.18. The smallest absolute Gasteiger partial charge is 0.345 e. The number of halogens is 4. The predicted octanol–water partition coefficient (Wildman–Crippen LogP) is 2.51. The van der Waals surface area contributed by atoms with Gasteiger partial charge in [0.05, 0.1) is 22.9 Å². The number of alkyl halides is 3. The van der Waals surface area contributed by atoms with E-state index in [0.29, 0.717) is 0 Å². The van der Waals surface area contributed by atoms with E-state index in [1.807, 2.05) is 0 Å². The van der Waals surface area contributed by atoms with Crippen molar-refractivity contribution in [2.45, 2.75) is 12.2 Å². The highest BCUT2D eigenvalue weighted by molar-refractivity contribution is 9.10. The van der Waals surface area contributed by atoms with Crippen LogP contribution in [0.5, 0.6) is 0 Å². The molecule has 1 aliphatic rings. The van der Waals surface area contributed by atoms with Gasteiger partial charge in [0.2, 0.25) is 0 Å².